The molecule has 1 heterocycles. The molecule has 6 heteroatoms. The summed E-state index contributed by atoms with van der Waals surface area (Å²) in [6.45, 7) is 2.79. The zero-order chi connectivity index (χ0) is 14.1. The van der Waals surface area contributed by atoms with Crippen LogP contribution >= 0.6 is 0 Å². The molecule has 6 nitrogen and oxygen atoms in total. The molecule has 0 saturated carbocycles. The number of furan rings is 1. The van der Waals surface area contributed by atoms with Crippen molar-refractivity contribution >= 4 is 11.8 Å². The van der Waals surface area contributed by atoms with Crippen molar-refractivity contribution in [2.75, 3.05) is 19.7 Å². The number of aliphatic hydroxyl groups is 1. The smallest absolute Gasteiger partial charge is 0.286 e. The third-order valence-corrected chi connectivity index (χ3v) is 2.57. The highest BCUT2D eigenvalue weighted by Gasteiger charge is 2.08. The van der Waals surface area contributed by atoms with Gasteiger partial charge in [-0.3, -0.25) is 9.59 Å². The van der Waals surface area contributed by atoms with Gasteiger partial charge in [0.1, 0.15) is 0 Å². The van der Waals surface area contributed by atoms with Crippen molar-refractivity contribution in [1.29, 1.82) is 0 Å². The van der Waals surface area contributed by atoms with Crippen LogP contribution < -0.4 is 10.6 Å². The number of carbonyl (C=O) groups is 2. The van der Waals surface area contributed by atoms with Gasteiger partial charge >= 0.3 is 0 Å². The van der Waals surface area contributed by atoms with Gasteiger partial charge in [-0.1, -0.05) is 6.92 Å². The standard InChI is InChI=1S/C13H20N2O4/c1-10(9-16)8-15-12(17)5-2-6-14-13(18)11-4-3-7-19-11/h3-4,7,10,16H,2,5-6,8-9H2,1H3,(H,14,18)(H,15,17). The van der Waals surface area contributed by atoms with Crippen LogP contribution in [0.3, 0.4) is 0 Å². The topological polar surface area (TPSA) is 91.6 Å². The largest absolute Gasteiger partial charge is 0.459 e. The molecule has 3 N–H and O–H groups in total. The highest BCUT2D eigenvalue weighted by molar-refractivity contribution is 5.91. The van der Waals surface area contributed by atoms with E-state index in [9.17, 15) is 9.59 Å². The van der Waals surface area contributed by atoms with Gasteiger partial charge in [-0.2, -0.15) is 0 Å². The molecule has 0 aliphatic rings. The molecule has 106 valence electrons. The summed E-state index contributed by atoms with van der Waals surface area (Å²) < 4.78 is 4.94. The molecule has 2 amide bonds. The van der Waals surface area contributed by atoms with Gasteiger partial charge in [0.2, 0.25) is 5.91 Å². The number of nitrogens with one attached hydrogen (secondary N) is 2. The van der Waals surface area contributed by atoms with Crippen LogP contribution in [0.1, 0.15) is 30.3 Å². The van der Waals surface area contributed by atoms with Gasteiger partial charge in [-0.05, 0) is 24.5 Å². The van der Waals surface area contributed by atoms with E-state index in [1.54, 1.807) is 12.1 Å². The lowest BCUT2D eigenvalue weighted by Crippen LogP contribution is -2.30. The maximum atomic E-state index is 11.5. The van der Waals surface area contributed by atoms with Crippen LogP contribution in [0, 0.1) is 5.92 Å². The Labute approximate surface area is 112 Å². The van der Waals surface area contributed by atoms with E-state index in [0.717, 1.165) is 0 Å². The van der Waals surface area contributed by atoms with Crippen LogP contribution in [0.2, 0.25) is 0 Å². The van der Waals surface area contributed by atoms with E-state index in [2.05, 4.69) is 10.6 Å². The summed E-state index contributed by atoms with van der Waals surface area (Å²) in [6, 6.07) is 3.23. The zero-order valence-electron chi connectivity index (χ0n) is 11.0. The number of amides is 2. The first-order valence-electron chi connectivity index (χ1n) is 6.32. The highest BCUT2D eigenvalue weighted by Crippen LogP contribution is 1.99. The molecular formula is C13H20N2O4. The lowest BCUT2D eigenvalue weighted by atomic mass is 10.2. The van der Waals surface area contributed by atoms with Crippen LogP contribution in [-0.4, -0.2) is 36.6 Å². The first-order chi connectivity index (χ1) is 9.13. The van der Waals surface area contributed by atoms with Crippen molar-refractivity contribution in [3.63, 3.8) is 0 Å². The van der Waals surface area contributed by atoms with Crippen molar-refractivity contribution in [1.82, 2.24) is 10.6 Å². The summed E-state index contributed by atoms with van der Waals surface area (Å²) in [4.78, 5) is 22.9. The molecule has 1 atom stereocenters. The third kappa shape index (κ3) is 6.05. The maximum Gasteiger partial charge on any atom is 0.286 e. The molecule has 0 aromatic carbocycles. The fourth-order valence-corrected chi connectivity index (χ4v) is 1.39. The van der Waals surface area contributed by atoms with Gasteiger partial charge < -0.3 is 20.2 Å². The molecular weight excluding hydrogens is 248 g/mol. The van der Waals surface area contributed by atoms with Gasteiger partial charge in [0, 0.05) is 26.1 Å². The van der Waals surface area contributed by atoms with Crippen molar-refractivity contribution < 1.29 is 19.1 Å². The lowest BCUT2D eigenvalue weighted by Gasteiger charge is -2.09. The number of aliphatic hydroxyl groups excluding tert-OH is 1. The van der Waals surface area contributed by atoms with Crippen LogP contribution in [-0.2, 0) is 4.79 Å². The fraction of sp³-hybridized carbons (Fsp3) is 0.538. The van der Waals surface area contributed by atoms with Gasteiger partial charge in [-0.15, -0.1) is 0 Å². The van der Waals surface area contributed by atoms with E-state index in [1.807, 2.05) is 6.92 Å². The Morgan fingerprint density at radius 2 is 2.21 bits per heavy atom. The van der Waals surface area contributed by atoms with Crippen LogP contribution in [0.25, 0.3) is 0 Å². The van der Waals surface area contributed by atoms with Gasteiger partial charge in [0.05, 0.1) is 6.26 Å². The number of hydrogen-bond acceptors (Lipinski definition) is 4. The molecule has 1 aromatic rings. The molecule has 1 rings (SSSR count). The first-order valence-corrected chi connectivity index (χ1v) is 6.32. The van der Waals surface area contributed by atoms with Crippen LogP contribution in [0.15, 0.2) is 22.8 Å². The zero-order valence-corrected chi connectivity index (χ0v) is 11.0. The number of hydrogen-bond donors (Lipinski definition) is 3. The number of carbonyl (C=O) groups excluding carboxylic acids is 2. The second kappa shape index (κ2) is 8.31. The molecule has 0 aliphatic carbocycles. The minimum Gasteiger partial charge on any atom is -0.459 e. The summed E-state index contributed by atoms with van der Waals surface area (Å²) in [7, 11) is 0. The van der Waals surface area contributed by atoms with E-state index < -0.39 is 0 Å². The average molecular weight is 268 g/mol. The molecule has 19 heavy (non-hydrogen) atoms. The van der Waals surface area contributed by atoms with E-state index in [4.69, 9.17) is 9.52 Å². The Hall–Kier alpha value is -1.82. The Morgan fingerprint density at radius 1 is 1.42 bits per heavy atom. The molecule has 0 bridgehead atoms. The molecule has 0 saturated heterocycles. The van der Waals surface area contributed by atoms with E-state index in [1.165, 1.54) is 6.26 Å². The van der Waals surface area contributed by atoms with E-state index in [0.29, 0.717) is 25.9 Å². The predicted octanol–water partition coefficient (Wildman–Crippen LogP) is 0.534. The molecule has 0 aliphatic heterocycles. The highest BCUT2D eigenvalue weighted by atomic mass is 16.3. The minimum atomic E-state index is -0.278. The summed E-state index contributed by atoms with van der Waals surface area (Å²) >= 11 is 0. The summed E-state index contributed by atoms with van der Waals surface area (Å²) in [5.74, 6) is -0.0318. The van der Waals surface area contributed by atoms with Crippen LogP contribution in [0.4, 0.5) is 0 Å². The molecule has 0 fully saturated rings. The van der Waals surface area contributed by atoms with Crippen molar-refractivity contribution in [3.05, 3.63) is 24.2 Å². The summed E-state index contributed by atoms with van der Waals surface area (Å²) in [5.41, 5.74) is 0. The number of rotatable bonds is 8. The van der Waals surface area contributed by atoms with Gasteiger partial charge in [-0.25, -0.2) is 0 Å². The fourth-order valence-electron chi connectivity index (χ4n) is 1.39. The first kappa shape index (κ1) is 15.2. The Bertz CT molecular complexity index is 389. The summed E-state index contributed by atoms with van der Waals surface area (Å²) in [6.07, 6.45) is 2.34. The third-order valence-electron chi connectivity index (χ3n) is 2.57. The van der Waals surface area contributed by atoms with E-state index >= 15 is 0 Å². The molecule has 0 spiro atoms. The minimum absolute atomic E-state index is 0.0550. The monoisotopic (exact) mass is 268 g/mol. The predicted molar refractivity (Wildman–Crippen MR) is 69.5 cm³/mol. The normalized spacial score (nSPS) is 11.9. The van der Waals surface area contributed by atoms with Crippen molar-refractivity contribution in [2.45, 2.75) is 19.8 Å². The average Bonchev–Trinajstić information content (AvgIpc) is 2.94. The lowest BCUT2D eigenvalue weighted by molar-refractivity contribution is -0.121. The van der Waals surface area contributed by atoms with Crippen molar-refractivity contribution in [2.24, 2.45) is 5.92 Å². The van der Waals surface area contributed by atoms with Crippen LogP contribution in [0.5, 0.6) is 0 Å². The van der Waals surface area contributed by atoms with Gasteiger partial charge in [0.15, 0.2) is 5.76 Å². The van der Waals surface area contributed by atoms with Gasteiger partial charge in [0.25, 0.3) is 5.91 Å². The Balaban J connectivity index is 2.07. The molecule has 1 unspecified atom stereocenters. The summed E-state index contributed by atoms with van der Waals surface area (Å²) in [5, 5.41) is 14.2. The second-order valence-corrected chi connectivity index (χ2v) is 4.43. The molecule has 1 aromatic heterocycles. The van der Waals surface area contributed by atoms with Crippen molar-refractivity contribution in [3.8, 4) is 0 Å². The maximum absolute atomic E-state index is 11.5. The Morgan fingerprint density at radius 3 is 2.84 bits per heavy atom. The SMILES string of the molecule is CC(CO)CNC(=O)CCCNC(=O)c1ccco1. The quantitative estimate of drug-likeness (QED) is 0.600. The molecule has 0 radical (unpaired) electrons. The van der Waals surface area contributed by atoms with E-state index in [-0.39, 0.29) is 30.1 Å². The second-order valence-electron chi connectivity index (χ2n) is 4.43. The Kier molecular flexibility index (Phi) is 6.67.